The van der Waals surface area contributed by atoms with Gasteiger partial charge in [-0.2, -0.15) is 0 Å². The van der Waals surface area contributed by atoms with Crippen molar-refractivity contribution < 1.29 is 56.7 Å². The minimum Gasteiger partial charge on any atom is -0.487 e. The van der Waals surface area contributed by atoms with Gasteiger partial charge in [0.25, 0.3) is 0 Å². The number of thiazole rings is 1. The largest absolute Gasteiger partial charge is 0.487 e. The first-order valence-electron chi connectivity index (χ1n) is 25.9. The molecule has 418 valence electrons. The quantitative estimate of drug-likeness (QED) is 0.0337. The summed E-state index contributed by atoms with van der Waals surface area (Å²) in [5.74, 6) is 0.696. The van der Waals surface area contributed by atoms with Gasteiger partial charge in [-0.15, -0.1) is 11.3 Å². The third-order valence-electron chi connectivity index (χ3n) is 12.7. The van der Waals surface area contributed by atoms with E-state index in [1.54, 1.807) is 35.6 Å². The maximum Gasteiger partial charge on any atom is 0.246 e. The maximum absolute atomic E-state index is 14.0. The molecule has 1 saturated heterocycles. The normalized spacial score (nSPS) is 14.8. The van der Waals surface area contributed by atoms with Crippen LogP contribution in [-0.2, 0) is 57.8 Å². The fourth-order valence-corrected chi connectivity index (χ4v) is 9.69. The molecule has 21 heteroatoms. The predicted molar refractivity (Wildman–Crippen MR) is 297 cm³/mol. The van der Waals surface area contributed by atoms with Crippen LogP contribution in [-0.4, -0.2) is 127 Å². The molecule has 0 bridgehead atoms. The number of fused-ring (bicyclic) bond motifs is 1. The summed E-state index contributed by atoms with van der Waals surface area (Å²) in [7, 11) is 0. The van der Waals surface area contributed by atoms with Crippen molar-refractivity contribution in [3.8, 4) is 27.5 Å². The summed E-state index contributed by atoms with van der Waals surface area (Å²) < 4.78 is 53.7. The lowest BCUT2D eigenvalue weighted by atomic mass is 9.85. The van der Waals surface area contributed by atoms with E-state index < -0.39 is 35.4 Å². The number of benzene rings is 4. The van der Waals surface area contributed by atoms with E-state index >= 15 is 0 Å². The molecule has 18 nitrogen and oxygen atoms in total. The number of halogens is 2. The Morgan fingerprint density at radius 3 is 2.24 bits per heavy atom. The number of likely N-dealkylation sites (tertiary alicyclic amines) is 1. The predicted octanol–water partition coefficient (Wildman–Crippen LogP) is 8.83. The van der Waals surface area contributed by atoms with Crippen LogP contribution in [0.1, 0.15) is 49.8 Å². The lowest BCUT2D eigenvalue weighted by Gasteiger charge is -2.35. The number of nitrogens with one attached hydrogen (secondary N) is 3. The van der Waals surface area contributed by atoms with E-state index in [4.69, 9.17) is 44.4 Å². The van der Waals surface area contributed by atoms with Crippen LogP contribution in [0.3, 0.4) is 0 Å². The standard InChI is InChI=1S/C58H65ClFN7O11S/c1-37-53(79-36-64-37)40-10-8-38(9-11-40)30-61-56(70)49-29-44(68)31-67(49)57(71)54(58(2,3)4)66-52(69)34-76-25-23-74-21-19-72-18-20-73-22-24-75-33-45-14-17-50(78-45)41-12-15-48-46(27-41)55(63-35-62-48)65-43-13-16-51(47(59)28-43)77-32-39-6-5-7-42(60)26-39/h5-17,26-28,35-36,44,49,54,68H,18-25,29-34H2,1-4H3,(H,61,70)(H,66,69)(H,62,63,65)/t44-,49+,54?/m1/s1. The van der Waals surface area contributed by atoms with Gasteiger partial charge in [0.1, 0.15) is 67.1 Å². The van der Waals surface area contributed by atoms with Crippen molar-refractivity contribution in [3.05, 3.63) is 142 Å². The number of carbonyl (C=O) groups is 3. The van der Waals surface area contributed by atoms with Gasteiger partial charge in [-0.3, -0.25) is 14.4 Å². The number of aryl methyl sites for hydroxylation is 1. The second-order valence-electron chi connectivity index (χ2n) is 19.8. The Bertz CT molecular complexity index is 3140. The Hall–Kier alpha value is -6.88. The number of carbonyl (C=O) groups excluding carboxylic acids is 3. The monoisotopic (exact) mass is 1120 g/mol. The molecule has 0 radical (unpaired) electrons. The van der Waals surface area contributed by atoms with Gasteiger partial charge in [-0.25, -0.2) is 19.3 Å². The third kappa shape index (κ3) is 16.8. The molecule has 4 N–H and O–H groups in total. The number of amides is 3. The van der Waals surface area contributed by atoms with Gasteiger partial charge >= 0.3 is 0 Å². The van der Waals surface area contributed by atoms with Crippen molar-refractivity contribution in [2.24, 2.45) is 5.41 Å². The smallest absolute Gasteiger partial charge is 0.246 e. The number of aliphatic hydroxyl groups excluding tert-OH is 1. The van der Waals surface area contributed by atoms with Crippen LogP contribution in [0.25, 0.3) is 32.7 Å². The average molecular weight is 1120 g/mol. The van der Waals surface area contributed by atoms with Gasteiger partial charge in [0.05, 0.1) is 85.6 Å². The molecule has 1 unspecified atom stereocenters. The molecule has 4 heterocycles. The average Bonchev–Trinajstić information content (AvgIpc) is 4.31. The number of furan rings is 1. The molecule has 7 aromatic rings. The van der Waals surface area contributed by atoms with Gasteiger partial charge in [0.2, 0.25) is 17.7 Å². The number of anilines is 2. The Labute approximate surface area is 466 Å². The maximum atomic E-state index is 14.0. The number of hydrogen-bond acceptors (Lipinski definition) is 16. The minimum absolute atomic E-state index is 0.0249. The molecular formula is C58H65ClFN7O11S. The van der Waals surface area contributed by atoms with Crippen molar-refractivity contribution in [2.75, 3.05) is 71.3 Å². The Kier molecular flexibility index (Phi) is 20.9. The molecule has 79 heavy (non-hydrogen) atoms. The molecule has 3 aromatic heterocycles. The Morgan fingerprint density at radius 1 is 0.823 bits per heavy atom. The summed E-state index contributed by atoms with van der Waals surface area (Å²) in [6, 6.07) is 27.0. The first kappa shape index (κ1) is 58.3. The lowest BCUT2D eigenvalue weighted by Crippen LogP contribution is -2.58. The van der Waals surface area contributed by atoms with Crippen molar-refractivity contribution in [3.63, 3.8) is 0 Å². The summed E-state index contributed by atoms with van der Waals surface area (Å²) in [5.41, 5.74) is 6.94. The molecule has 0 saturated carbocycles. The van der Waals surface area contributed by atoms with E-state index in [1.807, 2.05) is 93.9 Å². The number of nitrogens with zero attached hydrogens (tertiary/aromatic N) is 4. The first-order chi connectivity index (χ1) is 38.2. The molecule has 1 aliphatic rings. The number of rotatable bonds is 28. The Morgan fingerprint density at radius 2 is 1.54 bits per heavy atom. The van der Waals surface area contributed by atoms with Crippen LogP contribution in [0, 0.1) is 18.2 Å². The van der Waals surface area contributed by atoms with Crippen molar-refractivity contribution in [1.29, 1.82) is 0 Å². The van der Waals surface area contributed by atoms with E-state index in [0.29, 0.717) is 79.0 Å². The van der Waals surface area contributed by atoms with Crippen molar-refractivity contribution in [1.82, 2.24) is 30.5 Å². The zero-order chi connectivity index (χ0) is 55.7. The SMILES string of the molecule is Cc1ncsc1-c1ccc(CNC(=O)[C@@H]2C[C@@H](O)CN2C(=O)C(NC(=O)COCCOCCOCCOCCOCc2ccc(-c3ccc4ncnc(Nc5ccc(OCc6cccc(F)c6)c(Cl)c5)c4c3)o2)C(C)(C)C)cc1. The fraction of sp³-hybridized carbons (Fsp3) is 0.379. The molecule has 8 rings (SSSR count). The molecule has 0 aliphatic carbocycles. The number of hydrogen-bond donors (Lipinski definition) is 4. The highest BCUT2D eigenvalue weighted by Crippen LogP contribution is 2.34. The van der Waals surface area contributed by atoms with E-state index in [1.165, 1.54) is 23.4 Å². The molecule has 3 amide bonds. The fourth-order valence-electron chi connectivity index (χ4n) is 8.64. The molecule has 4 aromatic carbocycles. The summed E-state index contributed by atoms with van der Waals surface area (Å²) in [6.45, 7) is 10.3. The van der Waals surface area contributed by atoms with Gasteiger partial charge in [-0.05, 0) is 89.7 Å². The number of aromatic nitrogens is 3. The highest BCUT2D eigenvalue weighted by atomic mass is 35.5. The highest BCUT2D eigenvalue weighted by Gasteiger charge is 2.44. The summed E-state index contributed by atoms with van der Waals surface area (Å²) >= 11 is 8.12. The zero-order valence-electron chi connectivity index (χ0n) is 44.5. The van der Waals surface area contributed by atoms with Crippen LogP contribution in [0.5, 0.6) is 5.75 Å². The second kappa shape index (κ2) is 28.3. The van der Waals surface area contributed by atoms with Crippen LogP contribution < -0.4 is 20.7 Å². The summed E-state index contributed by atoms with van der Waals surface area (Å²) in [4.78, 5) is 56.1. The van der Waals surface area contributed by atoms with E-state index in [2.05, 4.69) is 30.9 Å². The molecule has 1 fully saturated rings. The van der Waals surface area contributed by atoms with E-state index in [0.717, 1.165) is 38.2 Å². The van der Waals surface area contributed by atoms with Crippen LogP contribution in [0.2, 0.25) is 5.02 Å². The molecule has 3 atom stereocenters. The van der Waals surface area contributed by atoms with Crippen LogP contribution in [0.15, 0.2) is 113 Å². The number of aliphatic hydroxyl groups is 1. The van der Waals surface area contributed by atoms with Gasteiger partial charge in [0, 0.05) is 36.1 Å². The van der Waals surface area contributed by atoms with Crippen LogP contribution in [0.4, 0.5) is 15.9 Å². The van der Waals surface area contributed by atoms with Gasteiger partial charge in [-0.1, -0.05) is 68.8 Å². The van der Waals surface area contributed by atoms with E-state index in [-0.39, 0.29) is 64.3 Å². The number of β-amino-alcohol motifs (C(OH)–C–C–N with tert-alkyl or cyclic N) is 1. The molecular weight excluding hydrogens is 1060 g/mol. The van der Waals surface area contributed by atoms with Crippen LogP contribution >= 0.6 is 22.9 Å². The highest BCUT2D eigenvalue weighted by molar-refractivity contribution is 7.13. The summed E-state index contributed by atoms with van der Waals surface area (Å²) in [6.07, 6.45) is 0.695. The summed E-state index contributed by atoms with van der Waals surface area (Å²) in [5, 5.41) is 20.8. The number of ether oxygens (including phenoxy) is 6. The van der Waals surface area contributed by atoms with E-state index in [9.17, 15) is 23.9 Å². The molecule has 1 aliphatic heterocycles. The Balaban J connectivity index is 0.661. The van der Waals surface area contributed by atoms with Crippen molar-refractivity contribution in [2.45, 2.75) is 72.1 Å². The van der Waals surface area contributed by atoms with Gasteiger partial charge < -0.3 is 58.8 Å². The lowest BCUT2D eigenvalue weighted by molar-refractivity contribution is -0.144. The first-order valence-corrected chi connectivity index (χ1v) is 27.2. The van der Waals surface area contributed by atoms with Gasteiger partial charge in [0.15, 0.2) is 0 Å². The topological polar surface area (TPSA) is 218 Å². The second-order valence-corrected chi connectivity index (χ2v) is 21.1. The minimum atomic E-state index is -0.976. The zero-order valence-corrected chi connectivity index (χ0v) is 46.1. The molecule has 0 spiro atoms. The van der Waals surface area contributed by atoms with Crippen molar-refractivity contribution >= 4 is 63.1 Å². The third-order valence-corrected chi connectivity index (χ3v) is 14.0.